The van der Waals surface area contributed by atoms with Gasteiger partial charge >= 0.3 is 13.7 Å². The Labute approximate surface area is 120 Å². The van der Waals surface area contributed by atoms with E-state index in [1.165, 1.54) is 4.90 Å². The molecule has 8 heteroatoms. The standard InChI is InChI=1S/C13H14BF2NO4/c15-13(16)21-10-3-4-17(6-10)12(18)8-1-2-9-7-20-14(19)11(9)5-8/h1-2,5,10,13,19H,3-4,6-7H2/t10-/m0/s1. The fraction of sp³-hybridized carbons (Fsp3) is 0.462. The van der Waals surface area contributed by atoms with Crippen LogP contribution in [0.4, 0.5) is 8.78 Å². The number of carbonyl (C=O) groups is 1. The number of rotatable bonds is 3. The third-order valence-electron chi connectivity index (χ3n) is 3.78. The van der Waals surface area contributed by atoms with E-state index in [0.29, 0.717) is 30.6 Å². The monoisotopic (exact) mass is 297 g/mol. The molecule has 1 fully saturated rings. The van der Waals surface area contributed by atoms with Crippen LogP contribution in [-0.4, -0.2) is 48.8 Å². The third-order valence-corrected chi connectivity index (χ3v) is 3.78. The summed E-state index contributed by atoms with van der Waals surface area (Å²) in [5, 5.41) is 9.64. The van der Waals surface area contributed by atoms with Crippen molar-refractivity contribution >= 4 is 18.5 Å². The molecule has 5 nitrogen and oxygen atoms in total. The van der Waals surface area contributed by atoms with Gasteiger partial charge in [0.15, 0.2) is 0 Å². The molecular weight excluding hydrogens is 283 g/mol. The molecule has 1 aromatic rings. The first-order valence-corrected chi connectivity index (χ1v) is 6.70. The van der Waals surface area contributed by atoms with Crippen molar-refractivity contribution in [1.29, 1.82) is 0 Å². The Morgan fingerprint density at radius 2 is 2.33 bits per heavy atom. The van der Waals surface area contributed by atoms with Crippen molar-refractivity contribution in [3.05, 3.63) is 29.3 Å². The van der Waals surface area contributed by atoms with E-state index in [0.717, 1.165) is 5.56 Å². The number of carbonyl (C=O) groups excluding carboxylic acids is 1. The Kier molecular flexibility index (Phi) is 3.92. The Morgan fingerprint density at radius 3 is 3.10 bits per heavy atom. The molecule has 21 heavy (non-hydrogen) atoms. The van der Waals surface area contributed by atoms with Gasteiger partial charge in [0.25, 0.3) is 5.91 Å². The van der Waals surface area contributed by atoms with E-state index in [9.17, 15) is 18.6 Å². The number of amides is 1. The molecule has 1 saturated heterocycles. The van der Waals surface area contributed by atoms with Gasteiger partial charge < -0.3 is 19.3 Å². The number of ether oxygens (including phenoxy) is 1. The highest BCUT2D eigenvalue weighted by Crippen LogP contribution is 2.19. The number of benzene rings is 1. The van der Waals surface area contributed by atoms with E-state index in [1.807, 2.05) is 0 Å². The number of likely N-dealkylation sites (tertiary alicyclic amines) is 1. The van der Waals surface area contributed by atoms with Crippen LogP contribution in [-0.2, 0) is 16.0 Å². The maximum Gasteiger partial charge on any atom is 0.491 e. The summed E-state index contributed by atoms with van der Waals surface area (Å²) in [6, 6.07) is 4.99. The van der Waals surface area contributed by atoms with Crippen molar-refractivity contribution in [2.24, 2.45) is 0 Å². The second kappa shape index (κ2) is 5.71. The highest BCUT2D eigenvalue weighted by molar-refractivity contribution is 6.61. The third kappa shape index (κ3) is 2.92. The molecule has 0 bridgehead atoms. The second-order valence-electron chi connectivity index (χ2n) is 5.14. The van der Waals surface area contributed by atoms with Crippen molar-refractivity contribution in [1.82, 2.24) is 4.90 Å². The van der Waals surface area contributed by atoms with Crippen LogP contribution in [0.15, 0.2) is 18.2 Å². The minimum absolute atomic E-state index is 0.152. The molecule has 1 N–H and O–H groups in total. The van der Waals surface area contributed by atoms with Crippen LogP contribution in [0, 0.1) is 0 Å². The summed E-state index contributed by atoms with van der Waals surface area (Å²) >= 11 is 0. The number of fused-ring (bicyclic) bond motifs is 1. The minimum Gasteiger partial charge on any atom is -0.423 e. The molecule has 0 aromatic heterocycles. The number of hydrogen-bond donors (Lipinski definition) is 1. The van der Waals surface area contributed by atoms with Gasteiger partial charge in [-0.25, -0.2) is 0 Å². The molecule has 1 atom stereocenters. The predicted octanol–water partition coefficient (Wildman–Crippen LogP) is 0.358. The van der Waals surface area contributed by atoms with E-state index < -0.39 is 19.8 Å². The van der Waals surface area contributed by atoms with E-state index in [1.54, 1.807) is 18.2 Å². The Morgan fingerprint density at radius 1 is 1.52 bits per heavy atom. The summed E-state index contributed by atoms with van der Waals surface area (Å²) in [6.07, 6.45) is -0.232. The molecule has 2 heterocycles. The highest BCUT2D eigenvalue weighted by atomic mass is 19.3. The average molecular weight is 297 g/mol. The molecule has 3 rings (SSSR count). The van der Waals surface area contributed by atoms with Crippen LogP contribution in [0.5, 0.6) is 0 Å². The average Bonchev–Trinajstić information content (AvgIpc) is 3.05. The van der Waals surface area contributed by atoms with Crippen molar-refractivity contribution in [2.45, 2.75) is 25.7 Å². The lowest BCUT2D eigenvalue weighted by Crippen LogP contribution is -2.33. The van der Waals surface area contributed by atoms with Crippen LogP contribution in [0.1, 0.15) is 22.3 Å². The molecule has 112 valence electrons. The van der Waals surface area contributed by atoms with Gasteiger partial charge in [0.1, 0.15) is 0 Å². The largest absolute Gasteiger partial charge is 0.491 e. The molecule has 0 saturated carbocycles. The predicted molar refractivity (Wildman–Crippen MR) is 70.2 cm³/mol. The lowest BCUT2D eigenvalue weighted by Gasteiger charge is -2.17. The van der Waals surface area contributed by atoms with Gasteiger partial charge in [-0.2, -0.15) is 8.78 Å². The molecule has 1 aromatic carbocycles. The number of alkyl halides is 2. The summed E-state index contributed by atoms with van der Waals surface area (Å²) in [5.41, 5.74) is 1.84. The van der Waals surface area contributed by atoms with Gasteiger partial charge in [0.2, 0.25) is 0 Å². The fourth-order valence-corrected chi connectivity index (χ4v) is 2.70. The molecule has 0 aliphatic carbocycles. The Hall–Kier alpha value is -1.51. The molecule has 0 spiro atoms. The van der Waals surface area contributed by atoms with Crippen molar-refractivity contribution in [3.63, 3.8) is 0 Å². The SMILES string of the molecule is O=C(c1ccc2c(c1)B(O)OC2)N1CC[C@H](OC(F)F)C1. The van der Waals surface area contributed by atoms with Crippen LogP contribution in [0.25, 0.3) is 0 Å². The quantitative estimate of drug-likeness (QED) is 0.818. The molecule has 0 unspecified atom stereocenters. The summed E-state index contributed by atoms with van der Waals surface area (Å²) < 4.78 is 33.8. The minimum atomic E-state index is -2.82. The molecule has 0 radical (unpaired) electrons. The highest BCUT2D eigenvalue weighted by Gasteiger charge is 2.32. The van der Waals surface area contributed by atoms with E-state index in [2.05, 4.69) is 4.74 Å². The molecule has 2 aliphatic rings. The van der Waals surface area contributed by atoms with Crippen LogP contribution in [0.3, 0.4) is 0 Å². The van der Waals surface area contributed by atoms with Gasteiger partial charge in [0.05, 0.1) is 12.7 Å². The van der Waals surface area contributed by atoms with Gasteiger partial charge in [-0.15, -0.1) is 0 Å². The van der Waals surface area contributed by atoms with E-state index in [-0.39, 0.29) is 12.5 Å². The van der Waals surface area contributed by atoms with Crippen molar-refractivity contribution in [3.8, 4) is 0 Å². The first kappa shape index (κ1) is 14.4. The zero-order chi connectivity index (χ0) is 15.0. The molecule has 1 amide bonds. The Bertz CT molecular complexity index is 557. The number of halogens is 2. The number of nitrogens with zero attached hydrogens (tertiary/aromatic N) is 1. The second-order valence-corrected chi connectivity index (χ2v) is 5.14. The van der Waals surface area contributed by atoms with Gasteiger partial charge in [0, 0.05) is 18.7 Å². The fourth-order valence-electron chi connectivity index (χ4n) is 2.70. The van der Waals surface area contributed by atoms with Gasteiger partial charge in [-0.1, -0.05) is 6.07 Å². The van der Waals surface area contributed by atoms with Gasteiger partial charge in [-0.05, 0) is 29.6 Å². The molecule has 2 aliphatic heterocycles. The van der Waals surface area contributed by atoms with Crippen LogP contribution in [0.2, 0.25) is 0 Å². The topological polar surface area (TPSA) is 59.0 Å². The van der Waals surface area contributed by atoms with Crippen LogP contribution >= 0.6 is 0 Å². The maximum atomic E-state index is 12.3. The lowest BCUT2D eigenvalue weighted by molar-refractivity contribution is -0.158. The van der Waals surface area contributed by atoms with Gasteiger partial charge in [-0.3, -0.25) is 4.79 Å². The number of hydrogen-bond acceptors (Lipinski definition) is 4. The van der Waals surface area contributed by atoms with E-state index >= 15 is 0 Å². The summed E-state index contributed by atoms with van der Waals surface area (Å²) in [4.78, 5) is 13.8. The lowest BCUT2D eigenvalue weighted by atomic mass is 9.78. The zero-order valence-electron chi connectivity index (χ0n) is 11.2. The van der Waals surface area contributed by atoms with Crippen molar-refractivity contribution < 1.29 is 28.0 Å². The first-order valence-electron chi connectivity index (χ1n) is 6.70. The Balaban J connectivity index is 1.70. The van der Waals surface area contributed by atoms with Crippen LogP contribution < -0.4 is 5.46 Å². The summed E-state index contributed by atoms with van der Waals surface area (Å²) in [7, 11) is -1.01. The van der Waals surface area contributed by atoms with Crippen molar-refractivity contribution in [2.75, 3.05) is 13.1 Å². The maximum absolute atomic E-state index is 12.3. The smallest absolute Gasteiger partial charge is 0.423 e. The summed E-state index contributed by atoms with van der Waals surface area (Å²) in [6.45, 7) is -1.97. The molecular formula is C13H14BF2NO4. The zero-order valence-corrected chi connectivity index (χ0v) is 11.2. The summed E-state index contributed by atoms with van der Waals surface area (Å²) in [5.74, 6) is -0.253. The van der Waals surface area contributed by atoms with E-state index in [4.69, 9.17) is 4.65 Å². The first-order chi connectivity index (χ1) is 10.0. The normalized spacial score (nSPS) is 21.2.